The standard InChI is InChI=1S/C27H30ClNO6S.ClH/c1-2-34-27(31)19-35-23-9-4-10-25(17-23)36(32,33)24-13-11-20(12-14-24)6-5-15-29-18-26(30)21-7-3-8-22(28)16-21;/h3-4,7-14,16-17,26,29-30H,2,5-6,15,18-19H2,1H3;1H/t26-;/m0./s1. The molecule has 0 fully saturated rings. The van der Waals surface area contributed by atoms with Gasteiger partial charge < -0.3 is 19.9 Å². The van der Waals surface area contributed by atoms with Gasteiger partial charge in [-0.2, -0.15) is 0 Å². The highest BCUT2D eigenvalue weighted by Gasteiger charge is 2.18. The van der Waals surface area contributed by atoms with E-state index in [0.717, 1.165) is 24.0 Å². The monoisotopic (exact) mass is 567 g/mol. The summed E-state index contributed by atoms with van der Waals surface area (Å²) in [5, 5.41) is 14.1. The summed E-state index contributed by atoms with van der Waals surface area (Å²) in [6.45, 7) is 2.77. The lowest BCUT2D eigenvalue weighted by Gasteiger charge is -2.12. The zero-order valence-electron chi connectivity index (χ0n) is 20.4. The number of aliphatic hydroxyl groups is 1. The number of sulfone groups is 1. The summed E-state index contributed by atoms with van der Waals surface area (Å²) in [7, 11) is -3.74. The van der Waals surface area contributed by atoms with Gasteiger partial charge >= 0.3 is 5.97 Å². The van der Waals surface area contributed by atoms with Crippen LogP contribution in [-0.4, -0.2) is 45.8 Å². The topological polar surface area (TPSA) is 102 Å². The Hall–Kier alpha value is -2.62. The van der Waals surface area contributed by atoms with Crippen LogP contribution in [0.25, 0.3) is 0 Å². The minimum Gasteiger partial charge on any atom is -0.482 e. The molecule has 2 N–H and O–H groups in total. The molecule has 0 amide bonds. The van der Waals surface area contributed by atoms with Gasteiger partial charge in [-0.3, -0.25) is 0 Å². The van der Waals surface area contributed by atoms with Crippen LogP contribution < -0.4 is 10.1 Å². The molecule has 3 aromatic rings. The first kappa shape index (κ1) is 30.6. The third-order valence-electron chi connectivity index (χ3n) is 5.40. The lowest BCUT2D eigenvalue weighted by Crippen LogP contribution is -2.22. The summed E-state index contributed by atoms with van der Waals surface area (Å²) in [5.74, 6) is -0.248. The number of aryl methyl sites for hydroxylation is 1. The van der Waals surface area contributed by atoms with Gasteiger partial charge in [0, 0.05) is 11.6 Å². The molecule has 3 rings (SSSR count). The van der Waals surface area contributed by atoms with Crippen LogP contribution in [-0.2, 0) is 25.8 Å². The van der Waals surface area contributed by atoms with Gasteiger partial charge in [-0.25, -0.2) is 13.2 Å². The van der Waals surface area contributed by atoms with Crippen LogP contribution in [0.4, 0.5) is 0 Å². The van der Waals surface area contributed by atoms with Crippen molar-refractivity contribution >= 4 is 39.8 Å². The number of hydrogen-bond donors (Lipinski definition) is 2. The second kappa shape index (κ2) is 15.0. The number of esters is 1. The summed E-state index contributed by atoms with van der Waals surface area (Å²) in [6, 6.07) is 20.0. The molecule has 0 saturated heterocycles. The number of rotatable bonds is 13. The van der Waals surface area contributed by atoms with Crippen molar-refractivity contribution in [2.45, 2.75) is 35.7 Å². The molecule has 37 heavy (non-hydrogen) atoms. The number of carbonyl (C=O) groups is 1. The predicted molar refractivity (Wildman–Crippen MR) is 145 cm³/mol. The normalized spacial score (nSPS) is 11.9. The molecular weight excluding hydrogens is 537 g/mol. The maximum absolute atomic E-state index is 13.0. The Kier molecular flexibility index (Phi) is 12.4. The number of benzene rings is 3. The number of halogens is 2. The molecule has 0 heterocycles. The molecule has 0 aliphatic carbocycles. The SMILES string of the molecule is CCOC(=O)COc1cccc(S(=O)(=O)c2ccc(CCCNC[C@H](O)c3cccc(Cl)c3)cc2)c1.Cl. The third kappa shape index (κ3) is 9.32. The number of hydrogen-bond acceptors (Lipinski definition) is 7. The van der Waals surface area contributed by atoms with E-state index in [0.29, 0.717) is 18.1 Å². The highest BCUT2D eigenvalue weighted by Crippen LogP contribution is 2.25. The highest BCUT2D eigenvalue weighted by molar-refractivity contribution is 7.91. The molecule has 0 aliphatic rings. The summed E-state index contributed by atoms with van der Waals surface area (Å²) >= 11 is 5.96. The van der Waals surface area contributed by atoms with Crippen LogP contribution >= 0.6 is 24.0 Å². The molecule has 3 aromatic carbocycles. The van der Waals surface area contributed by atoms with Crippen molar-refractivity contribution in [3.05, 3.63) is 88.9 Å². The molecule has 200 valence electrons. The fraction of sp³-hybridized carbons (Fsp3) is 0.296. The molecule has 0 bridgehead atoms. The summed E-state index contributed by atoms with van der Waals surface area (Å²) in [6.07, 6.45) is 0.952. The Morgan fingerprint density at radius 3 is 2.46 bits per heavy atom. The zero-order valence-corrected chi connectivity index (χ0v) is 22.8. The van der Waals surface area contributed by atoms with Crippen LogP contribution in [0, 0.1) is 0 Å². The first-order chi connectivity index (χ1) is 17.3. The van der Waals surface area contributed by atoms with Gasteiger partial charge in [0.25, 0.3) is 0 Å². The van der Waals surface area contributed by atoms with Crippen LogP contribution in [0.1, 0.15) is 30.6 Å². The first-order valence-corrected chi connectivity index (χ1v) is 13.5. The molecule has 10 heteroatoms. The molecule has 0 aliphatic heterocycles. The quantitative estimate of drug-likeness (QED) is 0.226. The predicted octanol–water partition coefficient (Wildman–Crippen LogP) is 4.79. The Balaban J connectivity index is 0.00000481. The minimum absolute atomic E-state index is 0. The van der Waals surface area contributed by atoms with Crippen molar-refractivity contribution in [3.8, 4) is 5.75 Å². The van der Waals surface area contributed by atoms with Crippen molar-refractivity contribution in [2.24, 2.45) is 0 Å². The van der Waals surface area contributed by atoms with Crippen molar-refractivity contribution in [2.75, 3.05) is 26.3 Å². The van der Waals surface area contributed by atoms with Gasteiger partial charge in [-0.15, -0.1) is 12.4 Å². The van der Waals surface area contributed by atoms with E-state index in [4.69, 9.17) is 21.1 Å². The Labute approximate surface area is 229 Å². The lowest BCUT2D eigenvalue weighted by atomic mass is 10.1. The zero-order chi connectivity index (χ0) is 26.0. The highest BCUT2D eigenvalue weighted by atomic mass is 35.5. The molecule has 0 unspecified atom stereocenters. The minimum atomic E-state index is -3.74. The fourth-order valence-electron chi connectivity index (χ4n) is 3.54. The molecule has 0 saturated carbocycles. The van der Waals surface area contributed by atoms with Crippen LogP contribution in [0.2, 0.25) is 5.02 Å². The van der Waals surface area contributed by atoms with Crippen molar-refractivity contribution in [1.29, 1.82) is 0 Å². The second-order valence-electron chi connectivity index (χ2n) is 8.09. The first-order valence-electron chi connectivity index (χ1n) is 11.7. The van der Waals surface area contributed by atoms with Crippen LogP contribution in [0.5, 0.6) is 5.75 Å². The molecule has 0 radical (unpaired) electrons. The van der Waals surface area contributed by atoms with Gasteiger partial charge in [-0.05, 0) is 79.9 Å². The van der Waals surface area contributed by atoms with Crippen LogP contribution in [0.3, 0.4) is 0 Å². The summed E-state index contributed by atoms with van der Waals surface area (Å²) in [5.41, 5.74) is 1.78. The summed E-state index contributed by atoms with van der Waals surface area (Å²) in [4.78, 5) is 11.7. The fourth-order valence-corrected chi connectivity index (χ4v) is 5.03. The van der Waals surface area contributed by atoms with Crippen molar-refractivity contribution in [3.63, 3.8) is 0 Å². The Morgan fingerprint density at radius 2 is 1.76 bits per heavy atom. The number of aliphatic hydroxyl groups excluding tert-OH is 1. The smallest absolute Gasteiger partial charge is 0.344 e. The third-order valence-corrected chi connectivity index (χ3v) is 7.40. The maximum Gasteiger partial charge on any atom is 0.344 e. The summed E-state index contributed by atoms with van der Waals surface area (Å²) < 4.78 is 36.3. The lowest BCUT2D eigenvalue weighted by molar-refractivity contribution is -0.145. The average Bonchev–Trinajstić information content (AvgIpc) is 2.88. The van der Waals surface area contributed by atoms with Crippen molar-refractivity contribution in [1.82, 2.24) is 5.32 Å². The molecule has 0 spiro atoms. The number of nitrogens with one attached hydrogen (secondary N) is 1. The largest absolute Gasteiger partial charge is 0.482 e. The van der Waals surface area contributed by atoms with E-state index in [9.17, 15) is 18.3 Å². The van der Waals surface area contributed by atoms with Gasteiger partial charge in [0.2, 0.25) is 9.84 Å². The molecule has 0 aromatic heterocycles. The van der Waals surface area contributed by atoms with E-state index in [1.165, 1.54) is 12.1 Å². The Morgan fingerprint density at radius 1 is 1.03 bits per heavy atom. The maximum atomic E-state index is 13.0. The van der Waals surface area contributed by atoms with Gasteiger partial charge in [0.15, 0.2) is 6.61 Å². The number of ether oxygens (including phenoxy) is 2. The van der Waals surface area contributed by atoms with E-state index in [1.807, 2.05) is 12.1 Å². The van der Waals surface area contributed by atoms with E-state index in [-0.39, 0.29) is 41.2 Å². The number of carbonyl (C=O) groups excluding carboxylic acids is 1. The second-order valence-corrected chi connectivity index (χ2v) is 10.5. The molecular formula is C27H31Cl2NO6S. The molecule has 1 atom stereocenters. The van der Waals surface area contributed by atoms with Gasteiger partial charge in [0.1, 0.15) is 5.75 Å². The van der Waals surface area contributed by atoms with E-state index < -0.39 is 21.9 Å². The molecule has 7 nitrogen and oxygen atoms in total. The van der Waals surface area contributed by atoms with E-state index in [1.54, 1.807) is 55.5 Å². The van der Waals surface area contributed by atoms with Crippen molar-refractivity contribution < 1.29 is 27.8 Å². The Bertz CT molecular complexity index is 1250. The van der Waals surface area contributed by atoms with E-state index >= 15 is 0 Å². The van der Waals surface area contributed by atoms with Crippen LogP contribution in [0.15, 0.2) is 82.6 Å². The van der Waals surface area contributed by atoms with E-state index in [2.05, 4.69) is 5.32 Å². The van der Waals surface area contributed by atoms with Gasteiger partial charge in [0.05, 0.1) is 22.5 Å². The average molecular weight is 569 g/mol. The van der Waals surface area contributed by atoms with Gasteiger partial charge in [-0.1, -0.05) is 41.9 Å².